The van der Waals surface area contributed by atoms with Gasteiger partial charge >= 0.3 is 0 Å². The van der Waals surface area contributed by atoms with Crippen LogP contribution in [0.2, 0.25) is 5.02 Å². The van der Waals surface area contributed by atoms with Gasteiger partial charge in [0, 0.05) is 0 Å². The summed E-state index contributed by atoms with van der Waals surface area (Å²) >= 11 is 7.28. The predicted molar refractivity (Wildman–Crippen MR) is 49.7 cm³/mol. The molecule has 1 aromatic heterocycles. The molecule has 0 fully saturated rings. The third-order valence-electron chi connectivity index (χ3n) is 1.21. The van der Waals surface area contributed by atoms with E-state index in [0.717, 1.165) is 6.07 Å². The van der Waals surface area contributed by atoms with Crippen LogP contribution in [0.25, 0.3) is 0 Å². The van der Waals surface area contributed by atoms with Gasteiger partial charge in [0.25, 0.3) is 12.0 Å². The minimum Gasteiger partial charge on any atom is -0.316 e. The fourth-order valence-electron chi connectivity index (χ4n) is 0.659. The van der Waals surface area contributed by atoms with Crippen molar-refractivity contribution < 1.29 is 8.78 Å². The Balaban J connectivity index is 3.33. The number of alkyl halides is 2. The summed E-state index contributed by atoms with van der Waals surface area (Å²) < 4.78 is 24.5. The van der Waals surface area contributed by atoms with Gasteiger partial charge < -0.3 is 4.98 Å². The molecular weight excluding hydrogens is 302 g/mol. The third kappa shape index (κ3) is 1.95. The van der Waals surface area contributed by atoms with Gasteiger partial charge in [0.05, 0.1) is 14.3 Å². The molecule has 0 radical (unpaired) electrons. The lowest BCUT2D eigenvalue weighted by atomic mass is 10.3. The van der Waals surface area contributed by atoms with Crippen molar-refractivity contribution in [2.45, 2.75) is 6.43 Å². The highest BCUT2D eigenvalue weighted by atomic mass is 127. The molecule has 0 aliphatic rings. The zero-order valence-electron chi connectivity index (χ0n) is 5.57. The molecule has 0 spiro atoms. The molecule has 0 atom stereocenters. The van der Waals surface area contributed by atoms with E-state index in [9.17, 15) is 13.6 Å². The molecule has 66 valence electrons. The molecular formula is C6H3ClF2INO. The first-order valence-electron chi connectivity index (χ1n) is 2.88. The Labute approximate surface area is 85.1 Å². The number of rotatable bonds is 1. The second-order valence-corrected chi connectivity index (χ2v) is 3.50. The van der Waals surface area contributed by atoms with Crippen molar-refractivity contribution in [3.8, 4) is 0 Å². The average molecular weight is 305 g/mol. The molecule has 0 bridgehead atoms. The molecule has 1 heterocycles. The van der Waals surface area contributed by atoms with Crippen molar-refractivity contribution in [3.63, 3.8) is 0 Å². The monoisotopic (exact) mass is 305 g/mol. The van der Waals surface area contributed by atoms with E-state index in [-0.39, 0.29) is 5.02 Å². The minimum absolute atomic E-state index is 0.130. The van der Waals surface area contributed by atoms with Gasteiger partial charge in [0.1, 0.15) is 0 Å². The molecule has 1 aromatic rings. The van der Waals surface area contributed by atoms with Crippen molar-refractivity contribution >= 4 is 34.2 Å². The maximum Gasteiger partial charge on any atom is 0.269 e. The normalized spacial score (nSPS) is 10.8. The number of halogens is 4. The standard InChI is InChI=1S/C6H3ClF2INO/c7-3-1-2(4(8)9)6(12)11-5(3)10/h1,4H,(H,11,12). The summed E-state index contributed by atoms with van der Waals surface area (Å²) in [5, 5.41) is 0.130. The van der Waals surface area contributed by atoms with Gasteiger partial charge in [-0.15, -0.1) is 0 Å². The van der Waals surface area contributed by atoms with Crippen molar-refractivity contribution in [2.24, 2.45) is 0 Å². The van der Waals surface area contributed by atoms with E-state index in [1.807, 2.05) is 0 Å². The van der Waals surface area contributed by atoms with Crippen molar-refractivity contribution in [1.82, 2.24) is 4.98 Å². The molecule has 0 aliphatic heterocycles. The maximum atomic E-state index is 12.1. The lowest BCUT2D eigenvalue weighted by Gasteiger charge is -2.00. The molecule has 0 amide bonds. The van der Waals surface area contributed by atoms with Crippen LogP contribution in [0.4, 0.5) is 8.78 Å². The number of hydrogen-bond acceptors (Lipinski definition) is 1. The Morgan fingerprint density at radius 1 is 1.58 bits per heavy atom. The molecule has 1 N–H and O–H groups in total. The largest absolute Gasteiger partial charge is 0.316 e. The zero-order valence-corrected chi connectivity index (χ0v) is 8.49. The number of pyridine rings is 1. The molecule has 0 aliphatic carbocycles. The van der Waals surface area contributed by atoms with E-state index >= 15 is 0 Å². The summed E-state index contributed by atoms with van der Waals surface area (Å²) in [5.74, 6) is 0. The Bertz CT molecular complexity index is 352. The van der Waals surface area contributed by atoms with E-state index in [1.54, 1.807) is 22.6 Å². The summed E-state index contributed by atoms with van der Waals surface area (Å²) in [6, 6.07) is 0.979. The summed E-state index contributed by atoms with van der Waals surface area (Å²) in [6.45, 7) is 0. The summed E-state index contributed by atoms with van der Waals surface area (Å²) in [6.07, 6.45) is -2.79. The van der Waals surface area contributed by atoms with Gasteiger partial charge in [-0.05, 0) is 28.7 Å². The first kappa shape index (κ1) is 9.91. The van der Waals surface area contributed by atoms with Crippen LogP contribution >= 0.6 is 34.2 Å². The summed E-state index contributed by atoms with van der Waals surface area (Å²) in [4.78, 5) is 13.0. The van der Waals surface area contributed by atoms with E-state index in [2.05, 4.69) is 4.98 Å². The summed E-state index contributed by atoms with van der Waals surface area (Å²) in [7, 11) is 0. The van der Waals surface area contributed by atoms with Crippen LogP contribution in [0.5, 0.6) is 0 Å². The van der Waals surface area contributed by atoms with Crippen LogP contribution in [0.1, 0.15) is 12.0 Å². The van der Waals surface area contributed by atoms with Crippen LogP contribution in [0.15, 0.2) is 10.9 Å². The molecule has 0 unspecified atom stereocenters. The minimum atomic E-state index is -2.79. The molecule has 2 nitrogen and oxygen atoms in total. The maximum absolute atomic E-state index is 12.1. The molecule has 0 aromatic carbocycles. The van der Waals surface area contributed by atoms with Crippen molar-refractivity contribution in [3.05, 3.63) is 30.7 Å². The topological polar surface area (TPSA) is 32.9 Å². The van der Waals surface area contributed by atoms with E-state index < -0.39 is 17.5 Å². The average Bonchev–Trinajstić information content (AvgIpc) is 1.96. The highest BCUT2D eigenvalue weighted by molar-refractivity contribution is 14.1. The lowest BCUT2D eigenvalue weighted by Crippen LogP contribution is -2.13. The fraction of sp³-hybridized carbons (Fsp3) is 0.167. The first-order valence-corrected chi connectivity index (χ1v) is 4.34. The molecule has 0 saturated heterocycles. The highest BCUT2D eigenvalue weighted by Crippen LogP contribution is 2.20. The lowest BCUT2D eigenvalue weighted by molar-refractivity contribution is 0.149. The molecule has 0 saturated carbocycles. The first-order chi connectivity index (χ1) is 5.52. The molecule has 6 heteroatoms. The number of H-pyrrole nitrogens is 1. The Hall–Kier alpha value is -0.170. The second kappa shape index (κ2) is 3.69. The van der Waals surface area contributed by atoms with Crippen molar-refractivity contribution in [1.29, 1.82) is 0 Å². The molecule has 12 heavy (non-hydrogen) atoms. The SMILES string of the molecule is O=c1[nH]c(I)c(Cl)cc1C(F)F. The third-order valence-corrected chi connectivity index (χ3v) is 2.68. The number of aromatic amines is 1. The van der Waals surface area contributed by atoms with E-state index in [1.165, 1.54) is 0 Å². The van der Waals surface area contributed by atoms with Crippen LogP contribution < -0.4 is 5.56 Å². The van der Waals surface area contributed by atoms with Gasteiger partial charge in [-0.3, -0.25) is 4.79 Å². The van der Waals surface area contributed by atoms with Crippen LogP contribution in [0, 0.1) is 3.70 Å². The highest BCUT2D eigenvalue weighted by Gasteiger charge is 2.13. The Kier molecular flexibility index (Phi) is 3.05. The number of nitrogens with one attached hydrogen (secondary N) is 1. The van der Waals surface area contributed by atoms with Crippen LogP contribution in [-0.4, -0.2) is 4.98 Å². The quantitative estimate of drug-likeness (QED) is 0.628. The number of aromatic nitrogens is 1. The van der Waals surface area contributed by atoms with Gasteiger partial charge in [-0.1, -0.05) is 11.6 Å². The zero-order chi connectivity index (χ0) is 9.30. The van der Waals surface area contributed by atoms with E-state index in [0.29, 0.717) is 3.70 Å². The van der Waals surface area contributed by atoms with Crippen LogP contribution in [0.3, 0.4) is 0 Å². The van der Waals surface area contributed by atoms with E-state index in [4.69, 9.17) is 11.6 Å². The van der Waals surface area contributed by atoms with Gasteiger partial charge in [-0.25, -0.2) is 8.78 Å². The number of hydrogen-bond donors (Lipinski definition) is 1. The molecule has 1 rings (SSSR count). The van der Waals surface area contributed by atoms with Gasteiger partial charge in [-0.2, -0.15) is 0 Å². The van der Waals surface area contributed by atoms with Gasteiger partial charge in [0.15, 0.2) is 0 Å². The summed E-state index contributed by atoms with van der Waals surface area (Å²) in [5.41, 5.74) is -1.39. The van der Waals surface area contributed by atoms with Crippen molar-refractivity contribution in [2.75, 3.05) is 0 Å². The Morgan fingerprint density at radius 3 is 2.67 bits per heavy atom. The van der Waals surface area contributed by atoms with Crippen LogP contribution in [-0.2, 0) is 0 Å². The second-order valence-electron chi connectivity index (χ2n) is 2.02. The smallest absolute Gasteiger partial charge is 0.269 e. The predicted octanol–water partition coefficient (Wildman–Crippen LogP) is 2.57. The Morgan fingerprint density at radius 2 is 2.17 bits per heavy atom. The fourth-order valence-corrected chi connectivity index (χ4v) is 1.22. The van der Waals surface area contributed by atoms with Gasteiger partial charge in [0.2, 0.25) is 0 Å².